The molecule has 0 fully saturated rings. The predicted molar refractivity (Wildman–Crippen MR) is 134 cm³/mol. The average molecular weight is 551 g/mol. The van der Waals surface area contributed by atoms with Gasteiger partial charge in [-0.3, -0.25) is 0 Å². The lowest BCUT2D eigenvalue weighted by molar-refractivity contribution is -0.274. The average Bonchev–Trinajstić information content (AvgIpc) is 2.83. The molecule has 0 saturated carbocycles. The Kier molecular flexibility index (Phi) is 8.04. The van der Waals surface area contributed by atoms with Crippen LogP contribution in [0.15, 0.2) is 71.8 Å². The third-order valence-electron chi connectivity index (χ3n) is 4.66. The first-order valence-electron chi connectivity index (χ1n) is 10.5. The molecule has 0 aliphatic heterocycles. The van der Waals surface area contributed by atoms with Crippen molar-refractivity contribution < 1.29 is 22.3 Å². The lowest BCUT2D eigenvalue weighted by Crippen LogP contribution is -2.17. The van der Waals surface area contributed by atoms with Gasteiger partial charge in [-0.15, -0.1) is 13.2 Å². The van der Waals surface area contributed by atoms with Crippen molar-refractivity contribution in [2.75, 3.05) is 10.7 Å². The van der Waals surface area contributed by atoms with Gasteiger partial charge < -0.3 is 10.1 Å². The predicted octanol–water partition coefficient (Wildman–Crippen LogP) is 7.27. The standard InChI is InChI=1S/C24H16Cl2F4N6O/c25-15-6-8-16(9-7-15)32-22-33-21(20-18(26)2-1-3-19(20)27)34-23(35-22)36-31-13-12-14-4-10-17(11-5-14)37-24(28,29)30/h1-11,13H,12H2,(H2,32,33,34,35,36). The van der Waals surface area contributed by atoms with E-state index in [2.05, 4.69) is 35.5 Å². The van der Waals surface area contributed by atoms with Gasteiger partial charge in [0.05, 0.1) is 10.6 Å². The fraction of sp³-hybridized carbons (Fsp3) is 0.0833. The number of anilines is 3. The smallest absolute Gasteiger partial charge is 0.406 e. The fourth-order valence-electron chi connectivity index (χ4n) is 3.05. The van der Waals surface area contributed by atoms with E-state index in [4.69, 9.17) is 23.2 Å². The monoisotopic (exact) mass is 550 g/mol. The summed E-state index contributed by atoms with van der Waals surface area (Å²) in [5.74, 6) is -0.900. The van der Waals surface area contributed by atoms with Crippen LogP contribution in [0.5, 0.6) is 5.75 Å². The topological polar surface area (TPSA) is 84.3 Å². The number of ether oxygens (including phenoxy) is 1. The van der Waals surface area contributed by atoms with E-state index in [0.717, 1.165) is 0 Å². The van der Waals surface area contributed by atoms with Crippen LogP contribution in [0.2, 0.25) is 10.0 Å². The second-order valence-electron chi connectivity index (χ2n) is 7.35. The maximum Gasteiger partial charge on any atom is 0.573 e. The number of alkyl halides is 3. The minimum atomic E-state index is -4.76. The molecule has 0 radical (unpaired) electrons. The maximum atomic E-state index is 14.5. The van der Waals surface area contributed by atoms with Gasteiger partial charge in [0.25, 0.3) is 0 Å². The molecule has 0 atom stereocenters. The van der Waals surface area contributed by atoms with Gasteiger partial charge in [0.1, 0.15) is 11.6 Å². The summed E-state index contributed by atoms with van der Waals surface area (Å²) in [6.07, 6.45) is -3.01. The molecule has 1 heterocycles. The molecule has 4 aromatic rings. The molecular formula is C24H16Cl2F4N6O. The number of halogens is 6. The molecule has 0 amide bonds. The van der Waals surface area contributed by atoms with Gasteiger partial charge in [-0.2, -0.15) is 20.1 Å². The molecule has 1 aromatic heterocycles. The Labute approximate surface area is 218 Å². The molecule has 13 heteroatoms. The van der Waals surface area contributed by atoms with E-state index >= 15 is 0 Å². The number of hydrazone groups is 1. The van der Waals surface area contributed by atoms with Crippen molar-refractivity contribution >= 4 is 47.0 Å². The Morgan fingerprint density at radius 1 is 0.892 bits per heavy atom. The summed E-state index contributed by atoms with van der Waals surface area (Å²) in [5, 5.41) is 7.68. The highest BCUT2D eigenvalue weighted by Gasteiger charge is 2.30. The summed E-state index contributed by atoms with van der Waals surface area (Å²) in [4.78, 5) is 12.7. The normalized spacial score (nSPS) is 11.5. The molecule has 0 aliphatic carbocycles. The Bertz CT molecular complexity index is 1380. The largest absolute Gasteiger partial charge is 0.573 e. The summed E-state index contributed by atoms with van der Waals surface area (Å²) in [6.45, 7) is 0. The van der Waals surface area contributed by atoms with Crippen molar-refractivity contribution in [2.45, 2.75) is 12.8 Å². The number of hydrogen-bond donors (Lipinski definition) is 2. The zero-order valence-corrected chi connectivity index (χ0v) is 20.1. The molecule has 190 valence electrons. The molecule has 7 nitrogen and oxygen atoms in total. The number of nitrogens with one attached hydrogen (secondary N) is 2. The summed E-state index contributed by atoms with van der Waals surface area (Å²) < 4.78 is 55.3. The third kappa shape index (κ3) is 7.51. The number of rotatable bonds is 8. The lowest BCUT2D eigenvalue weighted by atomic mass is 10.2. The molecule has 0 saturated heterocycles. The first kappa shape index (κ1) is 26.1. The number of nitrogens with zero attached hydrogens (tertiary/aromatic N) is 4. The van der Waals surface area contributed by atoms with Gasteiger partial charge in [-0.05, 0) is 54.1 Å². The van der Waals surface area contributed by atoms with Gasteiger partial charge in [0, 0.05) is 23.3 Å². The van der Waals surface area contributed by atoms with Crippen LogP contribution < -0.4 is 15.5 Å². The van der Waals surface area contributed by atoms with Crippen LogP contribution in [0.4, 0.5) is 35.1 Å². The van der Waals surface area contributed by atoms with E-state index in [1.165, 1.54) is 48.7 Å². The minimum absolute atomic E-state index is 0.00837. The zero-order chi connectivity index (χ0) is 26.4. The van der Waals surface area contributed by atoms with Crippen molar-refractivity contribution in [1.29, 1.82) is 0 Å². The second kappa shape index (κ2) is 11.4. The van der Waals surface area contributed by atoms with Crippen LogP contribution in [-0.2, 0) is 6.42 Å². The fourth-order valence-corrected chi connectivity index (χ4v) is 3.42. The van der Waals surface area contributed by atoms with E-state index in [9.17, 15) is 17.6 Å². The van der Waals surface area contributed by atoms with E-state index in [1.54, 1.807) is 24.3 Å². The van der Waals surface area contributed by atoms with Crippen molar-refractivity contribution in [1.82, 2.24) is 15.0 Å². The Morgan fingerprint density at radius 3 is 2.27 bits per heavy atom. The number of hydrogen-bond acceptors (Lipinski definition) is 7. The van der Waals surface area contributed by atoms with E-state index in [1.807, 2.05) is 0 Å². The first-order valence-corrected chi connectivity index (χ1v) is 11.3. The molecular weight excluding hydrogens is 535 g/mol. The van der Waals surface area contributed by atoms with Gasteiger partial charge in [0.2, 0.25) is 11.9 Å². The van der Waals surface area contributed by atoms with Crippen LogP contribution >= 0.6 is 23.2 Å². The van der Waals surface area contributed by atoms with Gasteiger partial charge in [-0.25, -0.2) is 9.82 Å². The summed E-state index contributed by atoms with van der Waals surface area (Å²) in [6, 6.07) is 16.3. The van der Waals surface area contributed by atoms with Crippen LogP contribution in [0.1, 0.15) is 5.56 Å². The highest BCUT2D eigenvalue weighted by Crippen LogP contribution is 2.30. The SMILES string of the molecule is Fc1cccc(Cl)c1-c1nc(NN=CCc2ccc(OC(F)(F)F)cc2)nc(Nc2ccc(Cl)cc2)n1. The van der Waals surface area contributed by atoms with Crippen LogP contribution in [0.3, 0.4) is 0 Å². The highest BCUT2D eigenvalue weighted by molar-refractivity contribution is 6.33. The molecule has 0 spiro atoms. The minimum Gasteiger partial charge on any atom is -0.406 e. The number of benzene rings is 3. The zero-order valence-electron chi connectivity index (χ0n) is 18.6. The van der Waals surface area contributed by atoms with Gasteiger partial charge >= 0.3 is 6.36 Å². The Morgan fingerprint density at radius 2 is 1.59 bits per heavy atom. The summed E-state index contributed by atoms with van der Waals surface area (Å²) >= 11 is 12.1. The van der Waals surface area contributed by atoms with E-state index < -0.39 is 12.2 Å². The lowest BCUT2D eigenvalue weighted by Gasteiger charge is -2.10. The maximum absolute atomic E-state index is 14.5. The van der Waals surface area contributed by atoms with Crippen LogP contribution in [0.25, 0.3) is 11.4 Å². The molecule has 4 rings (SSSR count). The number of aromatic nitrogens is 3. The second-order valence-corrected chi connectivity index (χ2v) is 8.20. The quantitative estimate of drug-likeness (QED) is 0.136. The molecule has 37 heavy (non-hydrogen) atoms. The van der Waals surface area contributed by atoms with Crippen molar-refractivity contribution in [3.63, 3.8) is 0 Å². The first-order chi connectivity index (χ1) is 17.7. The van der Waals surface area contributed by atoms with Crippen molar-refractivity contribution in [3.8, 4) is 17.1 Å². The summed E-state index contributed by atoms with van der Waals surface area (Å²) in [5.41, 5.74) is 3.93. The van der Waals surface area contributed by atoms with Crippen LogP contribution in [0, 0.1) is 5.82 Å². The molecule has 2 N–H and O–H groups in total. The molecule has 0 bridgehead atoms. The van der Waals surface area contributed by atoms with E-state index in [0.29, 0.717) is 16.3 Å². The molecule has 0 unspecified atom stereocenters. The van der Waals surface area contributed by atoms with Crippen molar-refractivity contribution in [3.05, 3.63) is 88.2 Å². The third-order valence-corrected chi connectivity index (χ3v) is 5.23. The van der Waals surface area contributed by atoms with Crippen LogP contribution in [-0.4, -0.2) is 27.5 Å². The van der Waals surface area contributed by atoms with Gasteiger partial charge in [0.15, 0.2) is 5.82 Å². The Balaban J connectivity index is 1.53. The molecule has 0 aliphatic rings. The van der Waals surface area contributed by atoms with Crippen molar-refractivity contribution in [2.24, 2.45) is 5.10 Å². The Hall–Kier alpha value is -3.96. The summed E-state index contributed by atoms with van der Waals surface area (Å²) in [7, 11) is 0. The van der Waals surface area contributed by atoms with Gasteiger partial charge in [-0.1, -0.05) is 41.4 Å². The highest BCUT2D eigenvalue weighted by atomic mass is 35.5. The van der Waals surface area contributed by atoms with E-state index in [-0.39, 0.29) is 40.5 Å². The molecule has 3 aromatic carbocycles.